The van der Waals surface area contributed by atoms with Crippen LogP contribution in [0.15, 0.2) is 57.5 Å². The number of hydrogen-bond donors (Lipinski definition) is 0. The summed E-state index contributed by atoms with van der Waals surface area (Å²) in [6.45, 7) is 4.98. The predicted octanol–water partition coefficient (Wildman–Crippen LogP) is 3.35. The van der Waals surface area contributed by atoms with Gasteiger partial charge in [0.1, 0.15) is 5.75 Å². The normalized spacial score (nSPS) is 15.0. The van der Waals surface area contributed by atoms with E-state index in [2.05, 4.69) is 4.99 Å². The molecule has 1 aliphatic heterocycles. The molecule has 2 heterocycles. The molecule has 0 unspecified atom stereocenters. The Balaban J connectivity index is 1.91. The molecule has 9 nitrogen and oxygen atoms in total. The van der Waals surface area contributed by atoms with Crippen molar-refractivity contribution >= 4 is 51.9 Å². The van der Waals surface area contributed by atoms with Crippen LogP contribution in [0.1, 0.15) is 37.9 Å². The molecular formula is C27H25IN2O7S. The summed E-state index contributed by atoms with van der Waals surface area (Å²) < 4.78 is 23.9. The first-order valence-electron chi connectivity index (χ1n) is 11.6. The van der Waals surface area contributed by atoms with Crippen molar-refractivity contribution in [2.45, 2.75) is 26.8 Å². The Bertz CT molecular complexity index is 1620. The van der Waals surface area contributed by atoms with Gasteiger partial charge in [-0.15, -0.1) is 0 Å². The van der Waals surface area contributed by atoms with Crippen molar-refractivity contribution in [3.05, 3.63) is 82.1 Å². The summed E-state index contributed by atoms with van der Waals surface area (Å²) in [5.41, 5.74) is 1.88. The molecule has 198 valence electrons. The van der Waals surface area contributed by atoms with Crippen LogP contribution in [0.5, 0.6) is 17.2 Å². The third kappa shape index (κ3) is 5.39. The van der Waals surface area contributed by atoms with Crippen LogP contribution in [0.2, 0.25) is 0 Å². The Morgan fingerprint density at radius 3 is 2.47 bits per heavy atom. The summed E-state index contributed by atoms with van der Waals surface area (Å²) in [5.74, 6) is 0.342. The van der Waals surface area contributed by atoms with Crippen LogP contribution in [0.4, 0.5) is 0 Å². The molecule has 0 amide bonds. The van der Waals surface area contributed by atoms with Gasteiger partial charge in [-0.25, -0.2) is 9.79 Å². The van der Waals surface area contributed by atoms with Crippen molar-refractivity contribution in [3.63, 3.8) is 0 Å². The van der Waals surface area contributed by atoms with E-state index in [-0.39, 0.29) is 12.2 Å². The summed E-state index contributed by atoms with van der Waals surface area (Å²) in [4.78, 5) is 43.4. The van der Waals surface area contributed by atoms with Crippen molar-refractivity contribution in [2.75, 3.05) is 20.8 Å². The molecule has 11 heteroatoms. The van der Waals surface area contributed by atoms with Crippen molar-refractivity contribution < 1.29 is 28.5 Å². The molecule has 2 aromatic carbocycles. The number of esters is 2. The van der Waals surface area contributed by atoms with E-state index >= 15 is 0 Å². The highest BCUT2D eigenvalue weighted by Gasteiger charge is 2.33. The molecule has 0 fully saturated rings. The van der Waals surface area contributed by atoms with Crippen molar-refractivity contribution in [2.24, 2.45) is 4.99 Å². The fourth-order valence-electron chi connectivity index (χ4n) is 4.11. The van der Waals surface area contributed by atoms with Gasteiger partial charge in [-0.2, -0.15) is 0 Å². The third-order valence-corrected chi connectivity index (χ3v) is 7.53. The molecule has 0 bridgehead atoms. The van der Waals surface area contributed by atoms with Gasteiger partial charge in [0.25, 0.3) is 5.56 Å². The van der Waals surface area contributed by atoms with Gasteiger partial charge in [0.2, 0.25) is 0 Å². The average Bonchev–Trinajstić information content (AvgIpc) is 3.18. The van der Waals surface area contributed by atoms with Gasteiger partial charge >= 0.3 is 11.9 Å². The standard InChI is InChI=1S/C27H25IN2O7S/c1-6-36-26(33)22-14(2)29-27-30(23(22)17-7-9-18(34-4)10-8-17)25(32)21(38-27)13-16-11-19(28)24(37-15(3)31)20(12-16)35-5/h7-13,23H,6H2,1-5H3/b21-13-/t23-/m0/s1. The van der Waals surface area contributed by atoms with Crippen molar-refractivity contribution in [1.82, 2.24) is 4.57 Å². The minimum absolute atomic E-state index is 0.194. The van der Waals surface area contributed by atoms with E-state index < -0.39 is 18.0 Å². The number of ether oxygens (including phenoxy) is 4. The molecule has 0 radical (unpaired) electrons. The Hall–Kier alpha value is -3.45. The molecule has 3 aromatic rings. The number of allylic oxidation sites excluding steroid dienone is 1. The van der Waals surface area contributed by atoms with Gasteiger partial charge in [0, 0.05) is 6.92 Å². The van der Waals surface area contributed by atoms with E-state index in [4.69, 9.17) is 18.9 Å². The highest BCUT2D eigenvalue weighted by atomic mass is 127. The van der Waals surface area contributed by atoms with Gasteiger partial charge in [-0.1, -0.05) is 23.5 Å². The number of benzene rings is 2. The monoisotopic (exact) mass is 648 g/mol. The van der Waals surface area contributed by atoms with Crippen LogP contribution >= 0.6 is 33.9 Å². The number of hydrogen-bond acceptors (Lipinski definition) is 9. The number of halogens is 1. The van der Waals surface area contributed by atoms with Crippen LogP contribution in [0.25, 0.3) is 6.08 Å². The summed E-state index contributed by atoms with van der Waals surface area (Å²) in [6.07, 6.45) is 1.72. The molecule has 1 aromatic heterocycles. The molecule has 0 saturated heterocycles. The summed E-state index contributed by atoms with van der Waals surface area (Å²) >= 11 is 3.27. The minimum atomic E-state index is -0.723. The number of thiazole rings is 1. The van der Waals surface area contributed by atoms with Gasteiger partial charge in [0.05, 0.1) is 46.2 Å². The largest absolute Gasteiger partial charge is 0.497 e. The Kier molecular flexibility index (Phi) is 8.36. The number of rotatable bonds is 7. The number of methoxy groups -OCH3 is 2. The number of fused-ring (bicyclic) bond motifs is 1. The van der Waals surface area contributed by atoms with E-state index in [1.807, 2.05) is 34.7 Å². The highest BCUT2D eigenvalue weighted by Crippen LogP contribution is 2.35. The lowest BCUT2D eigenvalue weighted by atomic mass is 9.96. The Morgan fingerprint density at radius 1 is 1.16 bits per heavy atom. The Labute approximate surface area is 236 Å². The minimum Gasteiger partial charge on any atom is -0.497 e. The molecule has 1 atom stereocenters. The fourth-order valence-corrected chi connectivity index (χ4v) is 5.89. The average molecular weight is 648 g/mol. The van der Waals surface area contributed by atoms with Crippen molar-refractivity contribution in [1.29, 1.82) is 0 Å². The van der Waals surface area contributed by atoms with E-state index in [9.17, 15) is 14.4 Å². The molecular weight excluding hydrogens is 623 g/mol. The van der Waals surface area contributed by atoms with Crippen molar-refractivity contribution in [3.8, 4) is 17.2 Å². The maximum absolute atomic E-state index is 13.8. The number of carbonyl (C=O) groups excluding carboxylic acids is 2. The number of aromatic nitrogens is 1. The molecule has 0 aliphatic carbocycles. The zero-order valence-corrected chi connectivity index (χ0v) is 24.3. The molecule has 38 heavy (non-hydrogen) atoms. The van der Waals surface area contributed by atoms with Crippen LogP contribution in [0, 0.1) is 3.57 Å². The molecule has 0 spiro atoms. The van der Waals surface area contributed by atoms with E-state index in [0.29, 0.717) is 47.0 Å². The smallest absolute Gasteiger partial charge is 0.338 e. The van der Waals surface area contributed by atoms with Crippen LogP contribution in [-0.4, -0.2) is 37.3 Å². The lowest BCUT2D eigenvalue weighted by molar-refractivity contribution is -0.139. The fraction of sp³-hybridized carbons (Fsp3) is 0.259. The lowest BCUT2D eigenvalue weighted by Crippen LogP contribution is -2.39. The van der Waals surface area contributed by atoms with Gasteiger partial charge < -0.3 is 18.9 Å². The summed E-state index contributed by atoms with van der Waals surface area (Å²) in [6, 6.07) is 9.95. The molecule has 0 saturated carbocycles. The highest BCUT2D eigenvalue weighted by molar-refractivity contribution is 14.1. The molecule has 4 rings (SSSR count). The second-order valence-electron chi connectivity index (χ2n) is 8.20. The zero-order chi connectivity index (χ0) is 27.6. The summed E-state index contributed by atoms with van der Waals surface area (Å²) in [5, 5.41) is 0. The maximum Gasteiger partial charge on any atom is 0.338 e. The van der Waals surface area contributed by atoms with Crippen LogP contribution < -0.4 is 29.1 Å². The molecule has 0 N–H and O–H groups in total. The first kappa shape index (κ1) is 27.6. The molecule has 1 aliphatic rings. The first-order chi connectivity index (χ1) is 18.2. The van der Waals surface area contributed by atoms with E-state index in [1.54, 1.807) is 51.3 Å². The number of nitrogens with zero attached hydrogens (tertiary/aromatic N) is 2. The zero-order valence-electron chi connectivity index (χ0n) is 21.4. The van der Waals surface area contributed by atoms with Crippen LogP contribution in [0.3, 0.4) is 0 Å². The van der Waals surface area contributed by atoms with Gasteiger partial charge in [-0.05, 0) is 77.9 Å². The second-order valence-corrected chi connectivity index (χ2v) is 10.4. The number of carbonyl (C=O) groups is 2. The third-order valence-electron chi connectivity index (χ3n) is 5.74. The van der Waals surface area contributed by atoms with E-state index in [0.717, 1.165) is 5.56 Å². The SMILES string of the molecule is CCOC(=O)C1=C(C)N=c2s/c(=C\c3cc(I)c(OC(C)=O)c(OC)c3)c(=O)n2[C@H]1c1ccc(OC)cc1. The predicted molar refractivity (Wildman–Crippen MR) is 150 cm³/mol. The Morgan fingerprint density at radius 2 is 1.87 bits per heavy atom. The van der Waals surface area contributed by atoms with Gasteiger partial charge in [0.15, 0.2) is 16.3 Å². The lowest BCUT2D eigenvalue weighted by Gasteiger charge is -2.24. The maximum atomic E-state index is 13.8. The first-order valence-corrected chi connectivity index (χ1v) is 13.5. The topological polar surface area (TPSA) is 105 Å². The second kappa shape index (κ2) is 11.5. The van der Waals surface area contributed by atoms with Gasteiger partial charge in [-0.3, -0.25) is 14.2 Å². The summed E-state index contributed by atoms with van der Waals surface area (Å²) in [7, 11) is 3.05. The van der Waals surface area contributed by atoms with Crippen LogP contribution in [-0.2, 0) is 14.3 Å². The van der Waals surface area contributed by atoms with E-state index in [1.165, 1.54) is 29.9 Å². The quantitative estimate of drug-likeness (QED) is 0.220.